The van der Waals surface area contributed by atoms with E-state index in [9.17, 15) is 0 Å². The maximum atomic E-state index is 6.50. The first-order valence-corrected chi connectivity index (χ1v) is 15.8. The number of ether oxygens (including phenoxy) is 2. The molecule has 0 fully saturated rings. The lowest BCUT2D eigenvalue weighted by molar-refractivity contribution is 0.446. The van der Waals surface area contributed by atoms with Gasteiger partial charge in [-0.05, 0) is 93.7 Å². The molecule has 5 nitrogen and oxygen atoms in total. The normalized spacial score (nSPS) is 15.2. The fourth-order valence-electron chi connectivity index (χ4n) is 7.00. The van der Waals surface area contributed by atoms with Crippen molar-refractivity contribution in [2.24, 2.45) is 4.99 Å². The molecule has 3 aliphatic rings. The van der Waals surface area contributed by atoms with E-state index in [4.69, 9.17) is 14.5 Å². The highest BCUT2D eigenvalue weighted by molar-refractivity contribution is 6.11. The Labute approximate surface area is 272 Å². The Bertz CT molecular complexity index is 2420. The van der Waals surface area contributed by atoms with Crippen LogP contribution in [0.2, 0.25) is 0 Å². The zero-order chi connectivity index (χ0) is 30.9. The van der Waals surface area contributed by atoms with Gasteiger partial charge < -0.3 is 14.8 Å². The van der Waals surface area contributed by atoms with E-state index in [1.54, 1.807) is 0 Å². The molecule has 0 radical (unpaired) electrons. The first kappa shape index (κ1) is 25.9. The van der Waals surface area contributed by atoms with E-state index >= 15 is 0 Å². The Hall–Kier alpha value is -6.33. The molecule has 3 heterocycles. The SMILES string of the molecule is c1ccc(C2Nc3ccccc3N=C2c2ccc3cc(-c4ccc5c(c4)Oc4cccc6c4N5c4ccccc4O6)ccc3c2)cc1. The molecule has 5 heteroatoms. The molecule has 0 saturated carbocycles. The third-order valence-electron chi connectivity index (χ3n) is 9.25. The number of aliphatic imine (C=N–C) groups is 1. The number of rotatable bonds is 3. The minimum Gasteiger partial charge on any atom is -0.453 e. The van der Waals surface area contributed by atoms with Crippen LogP contribution < -0.4 is 19.7 Å². The van der Waals surface area contributed by atoms with Crippen molar-refractivity contribution in [1.82, 2.24) is 0 Å². The molecule has 1 N–H and O–H groups in total. The summed E-state index contributed by atoms with van der Waals surface area (Å²) < 4.78 is 12.7. The molecule has 3 aliphatic heterocycles. The van der Waals surface area contributed by atoms with Crippen LogP contribution in [0.25, 0.3) is 21.9 Å². The number of para-hydroxylation sites is 5. The fourth-order valence-corrected chi connectivity index (χ4v) is 7.00. The van der Waals surface area contributed by atoms with Crippen molar-refractivity contribution in [2.75, 3.05) is 10.2 Å². The van der Waals surface area contributed by atoms with Crippen LogP contribution in [-0.4, -0.2) is 5.71 Å². The van der Waals surface area contributed by atoms with Gasteiger partial charge in [-0.2, -0.15) is 0 Å². The van der Waals surface area contributed by atoms with Gasteiger partial charge in [-0.1, -0.05) is 91.0 Å². The van der Waals surface area contributed by atoms with E-state index in [2.05, 4.69) is 113 Å². The summed E-state index contributed by atoms with van der Waals surface area (Å²) in [5, 5.41) is 6.07. The van der Waals surface area contributed by atoms with Gasteiger partial charge >= 0.3 is 0 Å². The second-order valence-electron chi connectivity index (χ2n) is 12.1. The molecule has 0 amide bonds. The summed E-state index contributed by atoms with van der Waals surface area (Å²) in [4.78, 5) is 7.42. The lowest BCUT2D eigenvalue weighted by Gasteiger charge is -2.37. The quantitative estimate of drug-likeness (QED) is 0.218. The molecular formula is C42H27N3O2. The Kier molecular flexibility index (Phi) is 5.57. The molecule has 10 rings (SSSR count). The molecule has 0 saturated heterocycles. The minimum absolute atomic E-state index is 0.0436. The van der Waals surface area contributed by atoms with Crippen molar-refractivity contribution in [3.63, 3.8) is 0 Å². The lowest BCUT2D eigenvalue weighted by Crippen LogP contribution is -2.24. The number of nitrogens with zero attached hydrogens (tertiary/aromatic N) is 2. The summed E-state index contributed by atoms with van der Waals surface area (Å²) in [5.41, 5.74) is 10.5. The van der Waals surface area contributed by atoms with E-state index in [1.807, 2.05) is 48.5 Å². The van der Waals surface area contributed by atoms with Crippen LogP contribution in [0.3, 0.4) is 0 Å². The van der Waals surface area contributed by atoms with Gasteiger partial charge in [0.25, 0.3) is 0 Å². The molecular weight excluding hydrogens is 578 g/mol. The summed E-state index contributed by atoms with van der Waals surface area (Å²) >= 11 is 0. The summed E-state index contributed by atoms with van der Waals surface area (Å²) in [6.45, 7) is 0. The lowest BCUT2D eigenvalue weighted by atomic mass is 9.92. The first-order valence-electron chi connectivity index (χ1n) is 15.8. The summed E-state index contributed by atoms with van der Waals surface area (Å²) in [6, 6.07) is 52.6. The molecule has 7 aromatic rings. The fraction of sp³-hybridized carbons (Fsp3) is 0.0238. The predicted octanol–water partition coefficient (Wildman–Crippen LogP) is 11.5. The predicted molar refractivity (Wildman–Crippen MR) is 190 cm³/mol. The van der Waals surface area contributed by atoms with Gasteiger partial charge in [0.2, 0.25) is 0 Å². The minimum atomic E-state index is -0.0436. The van der Waals surface area contributed by atoms with Crippen molar-refractivity contribution < 1.29 is 9.47 Å². The molecule has 0 aliphatic carbocycles. The van der Waals surface area contributed by atoms with Gasteiger partial charge in [-0.25, -0.2) is 4.99 Å². The van der Waals surface area contributed by atoms with E-state index in [1.165, 1.54) is 16.3 Å². The largest absolute Gasteiger partial charge is 0.453 e. The van der Waals surface area contributed by atoms with Crippen molar-refractivity contribution in [2.45, 2.75) is 6.04 Å². The Morgan fingerprint density at radius 3 is 2.02 bits per heavy atom. The number of hydrogen-bond donors (Lipinski definition) is 1. The van der Waals surface area contributed by atoms with Crippen molar-refractivity contribution in [1.29, 1.82) is 0 Å². The van der Waals surface area contributed by atoms with Crippen LogP contribution >= 0.6 is 0 Å². The van der Waals surface area contributed by atoms with Gasteiger partial charge in [0.05, 0.1) is 34.5 Å². The smallest absolute Gasteiger partial charge is 0.155 e. The van der Waals surface area contributed by atoms with Crippen molar-refractivity contribution in [3.05, 3.63) is 163 Å². The number of anilines is 4. The molecule has 7 aromatic carbocycles. The van der Waals surface area contributed by atoms with E-state index in [-0.39, 0.29) is 6.04 Å². The topological polar surface area (TPSA) is 46.1 Å². The molecule has 222 valence electrons. The number of nitrogens with one attached hydrogen (secondary N) is 1. The zero-order valence-corrected chi connectivity index (χ0v) is 25.2. The Balaban J connectivity index is 1.03. The maximum absolute atomic E-state index is 6.50. The van der Waals surface area contributed by atoms with Gasteiger partial charge in [0, 0.05) is 0 Å². The monoisotopic (exact) mass is 605 g/mol. The van der Waals surface area contributed by atoms with Crippen molar-refractivity contribution >= 4 is 44.9 Å². The number of hydrogen-bond acceptors (Lipinski definition) is 5. The summed E-state index contributed by atoms with van der Waals surface area (Å²) in [5.74, 6) is 3.22. The average Bonchev–Trinajstić information content (AvgIpc) is 3.14. The van der Waals surface area contributed by atoms with Crippen LogP contribution in [0.5, 0.6) is 23.0 Å². The molecule has 0 spiro atoms. The van der Waals surface area contributed by atoms with Crippen LogP contribution in [-0.2, 0) is 0 Å². The molecule has 0 aromatic heterocycles. The van der Waals surface area contributed by atoms with Gasteiger partial charge in [-0.3, -0.25) is 4.90 Å². The van der Waals surface area contributed by atoms with Crippen LogP contribution in [0, 0.1) is 0 Å². The van der Waals surface area contributed by atoms with Crippen LogP contribution in [0.1, 0.15) is 17.2 Å². The Morgan fingerprint density at radius 1 is 0.511 bits per heavy atom. The maximum Gasteiger partial charge on any atom is 0.155 e. The van der Waals surface area contributed by atoms with E-state index in [0.717, 1.165) is 73.8 Å². The Morgan fingerprint density at radius 2 is 1.15 bits per heavy atom. The van der Waals surface area contributed by atoms with Gasteiger partial charge in [0.1, 0.15) is 5.69 Å². The molecule has 47 heavy (non-hydrogen) atoms. The first-order chi connectivity index (χ1) is 23.3. The third kappa shape index (κ3) is 4.14. The average molecular weight is 606 g/mol. The third-order valence-corrected chi connectivity index (χ3v) is 9.25. The molecule has 1 atom stereocenters. The van der Waals surface area contributed by atoms with Gasteiger partial charge in [0.15, 0.2) is 23.0 Å². The molecule has 0 bridgehead atoms. The highest BCUT2D eigenvalue weighted by atomic mass is 16.5. The second-order valence-corrected chi connectivity index (χ2v) is 12.1. The number of benzene rings is 7. The summed E-state index contributed by atoms with van der Waals surface area (Å²) in [6.07, 6.45) is 0. The second kappa shape index (κ2) is 10.1. The molecule has 1 unspecified atom stereocenters. The van der Waals surface area contributed by atoms with Gasteiger partial charge in [-0.15, -0.1) is 0 Å². The number of fused-ring (bicyclic) bond motifs is 6. The highest BCUT2D eigenvalue weighted by Gasteiger charge is 2.34. The van der Waals surface area contributed by atoms with Crippen LogP contribution in [0.4, 0.5) is 28.4 Å². The van der Waals surface area contributed by atoms with Crippen molar-refractivity contribution in [3.8, 4) is 34.1 Å². The standard InChI is InChI=1S/C42H27N3O2/c1-2-9-26(10-3-1)40-41(44-33-12-5-4-11-32(33)43-40)31-20-19-27-23-28(17-18-29(27)24-31)30-21-22-35-39(25-30)47-38-16-8-15-37-42(38)45(35)34-13-6-7-14-36(34)46-37/h1-25,40,43H. The van der Waals surface area contributed by atoms with E-state index < -0.39 is 0 Å². The zero-order valence-electron chi connectivity index (χ0n) is 25.2. The van der Waals surface area contributed by atoms with E-state index in [0.29, 0.717) is 0 Å². The highest BCUT2D eigenvalue weighted by Crippen LogP contribution is 2.59. The van der Waals surface area contributed by atoms with Crippen LogP contribution in [0.15, 0.2) is 157 Å². The summed E-state index contributed by atoms with van der Waals surface area (Å²) in [7, 11) is 0.